The van der Waals surface area contributed by atoms with E-state index >= 15 is 0 Å². The maximum absolute atomic E-state index is 12.4. The number of hydrogen-bond acceptors (Lipinski definition) is 7. The molecule has 0 saturated carbocycles. The van der Waals surface area contributed by atoms with Crippen LogP contribution in [0.5, 0.6) is 5.75 Å². The number of esters is 1. The van der Waals surface area contributed by atoms with Gasteiger partial charge >= 0.3 is 5.97 Å². The predicted octanol–water partition coefficient (Wildman–Crippen LogP) is 5.59. The van der Waals surface area contributed by atoms with Gasteiger partial charge in [-0.3, -0.25) is 19.6 Å². The average molecular weight is 628 g/mol. The van der Waals surface area contributed by atoms with Crippen molar-refractivity contribution < 1.29 is 33.9 Å². The summed E-state index contributed by atoms with van der Waals surface area (Å²) in [6.45, 7) is 13.4. The maximum Gasteiger partial charge on any atom is 0.329 e. The van der Waals surface area contributed by atoms with E-state index in [1.807, 2.05) is 42.5 Å². The van der Waals surface area contributed by atoms with E-state index in [2.05, 4.69) is 52.1 Å². The third-order valence-electron chi connectivity index (χ3n) is 6.58. The van der Waals surface area contributed by atoms with Crippen molar-refractivity contribution in [2.45, 2.75) is 92.7 Å². The summed E-state index contributed by atoms with van der Waals surface area (Å²) in [5.74, 6) is -0.902. The molecular weight excluding hydrogens is 574 g/mol. The fourth-order valence-corrected chi connectivity index (χ4v) is 4.17. The van der Waals surface area contributed by atoms with Crippen molar-refractivity contribution >= 4 is 23.7 Å². The first-order chi connectivity index (χ1) is 21.5. The minimum atomic E-state index is -0.704. The lowest BCUT2D eigenvalue weighted by molar-refractivity contribution is -0.154. The molecule has 3 N–H and O–H groups in total. The normalized spacial score (nSPS) is 14.2. The molecule has 0 aliphatic carbocycles. The Morgan fingerprint density at radius 1 is 0.978 bits per heavy atom. The van der Waals surface area contributed by atoms with E-state index in [0.29, 0.717) is 19.4 Å². The molecule has 2 aromatic rings. The number of rotatable bonds is 13. The van der Waals surface area contributed by atoms with Crippen LogP contribution in [-0.4, -0.2) is 59.5 Å². The van der Waals surface area contributed by atoms with E-state index in [-0.39, 0.29) is 25.5 Å². The summed E-state index contributed by atoms with van der Waals surface area (Å²) in [5.41, 5.74) is 3.60. The zero-order valence-corrected chi connectivity index (χ0v) is 27.8. The van der Waals surface area contributed by atoms with Crippen molar-refractivity contribution in [2.75, 3.05) is 19.7 Å². The van der Waals surface area contributed by atoms with Gasteiger partial charge in [-0.25, -0.2) is 10.3 Å². The van der Waals surface area contributed by atoms with Gasteiger partial charge in [-0.1, -0.05) is 95.5 Å². The van der Waals surface area contributed by atoms with E-state index in [1.165, 1.54) is 35.7 Å². The highest BCUT2D eigenvalue weighted by molar-refractivity contribution is 5.90. The quantitative estimate of drug-likeness (QED) is 0.114. The van der Waals surface area contributed by atoms with Crippen LogP contribution in [0.1, 0.15) is 84.3 Å². The van der Waals surface area contributed by atoms with E-state index in [9.17, 15) is 19.2 Å². The van der Waals surface area contributed by atoms with Crippen molar-refractivity contribution in [2.24, 2.45) is 11.8 Å². The summed E-state index contributed by atoms with van der Waals surface area (Å²) in [6, 6.07) is 16.8. The van der Waals surface area contributed by atoms with Crippen LogP contribution in [0.2, 0.25) is 0 Å². The topological polar surface area (TPSA) is 134 Å². The Morgan fingerprint density at radius 3 is 2.22 bits per heavy atom. The monoisotopic (exact) mass is 627 g/mol. The van der Waals surface area contributed by atoms with E-state index in [4.69, 9.17) is 14.7 Å². The van der Waals surface area contributed by atoms with Crippen LogP contribution in [0.3, 0.4) is 0 Å². The van der Waals surface area contributed by atoms with Crippen LogP contribution in [-0.2, 0) is 30.5 Å². The number of likely N-dealkylation sites (tertiary alicyclic amines) is 1. The number of nitrogens with zero attached hydrogens (tertiary/aromatic N) is 1. The standard InChI is InChI=1S/C19H25N3O6.C12H18O.C4H10/c1-13(10-16(23)21-27)18(25)20-11-17(24)22-9-5-8-15(22)19(26)28-12-14-6-3-2-4-7-14;1-3-4-5-10-13-12-8-6-11(2)7-9-12;1-4(2)3/h2-4,6-7,13,15,27H,5,8-12H2,1H3,(H,20,25)(H,21,23);6-9H,3-5,10H2,1-2H3;4H,1-3H3. The van der Waals surface area contributed by atoms with E-state index in [1.54, 1.807) is 0 Å². The number of unbranched alkanes of at least 4 members (excludes halogenated alkanes) is 2. The van der Waals surface area contributed by atoms with Gasteiger partial charge in [-0.2, -0.15) is 0 Å². The summed E-state index contributed by atoms with van der Waals surface area (Å²) in [6.07, 6.45) is 4.65. The first-order valence-electron chi connectivity index (χ1n) is 15.9. The van der Waals surface area contributed by atoms with Gasteiger partial charge in [0.15, 0.2) is 0 Å². The van der Waals surface area contributed by atoms with Crippen molar-refractivity contribution in [3.8, 4) is 5.75 Å². The van der Waals surface area contributed by atoms with Crippen LogP contribution in [0, 0.1) is 18.8 Å². The molecule has 0 spiro atoms. The van der Waals surface area contributed by atoms with Crippen LogP contribution in [0.15, 0.2) is 54.6 Å². The highest BCUT2D eigenvalue weighted by atomic mass is 16.5. The van der Waals surface area contributed by atoms with Crippen LogP contribution in [0.4, 0.5) is 0 Å². The third-order valence-corrected chi connectivity index (χ3v) is 6.58. The lowest BCUT2D eigenvalue weighted by atomic mass is 10.1. The number of hydrogen-bond donors (Lipinski definition) is 3. The number of benzene rings is 2. The fourth-order valence-electron chi connectivity index (χ4n) is 4.17. The molecule has 250 valence electrons. The van der Waals surface area contributed by atoms with Crippen LogP contribution >= 0.6 is 0 Å². The molecule has 10 nitrogen and oxygen atoms in total. The number of nitrogens with one attached hydrogen (secondary N) is 2. The molecule has 0 aromatic heterocycles. The zero-order valence-electron chi connectivity index (χ0n) is 27.8. The SMILES string of the molecule is CC(C)C.CC(CC(=O)NO)C(=O)NCC(=O)N1CCCC1C(=O)OCc1ccccc1.CCCCCOc1ccc(C)cc1. The Bertz CT molecular complexity index is 1140. The van der Waals surface area contributed by atoms with Crippen LogP contribution in [0.25, 0.3) is 0 Å². The van der Waals surface area contributed by atoms with Gasteiger partial charge in [0, 0.05) is 18.9 Å². The van der Waals surface area contributed by atoms with Gasteiger partial charge in [0.05, 0.1) is 13.2 Å². The van der Waals surface area contributed by atoms with Crippen molar-refractivity contribution in [1.29, 1.82) is 0 Å². The number of aryl methyl sites for hydroxylation is 1. The lowest BCUT2D eigenvalue weighted by Gasteiger charge is -2.23. The lowest BCUT2D eigenvalue weighted by Crippen LogP contribution is -2.46. The van der Waals surface area contributed by atoms with Crippen molar-refractivity contribution in [1.82, 2.24) is 15.7 Å². The molecule has 1 aliphatic heterocycles. The molecule has 45 heavy (non-hydrogen) atoms. The maximum atomic E-state index is 12.4. The van der Waals surface area contributed by atoms with Gasteiger partial charge < -0.3 is 19.7 Å². The summed E-state index contributed by atoms with van der Waals surface area (Å²) in [4.78, 5) is 49.2. The largest absolute Gasteiger partial charge is 0.494 e. The molecule has 1 fully saturated rings. The Kier molecular flexibility index (Phi) is 19.6. The Hall–Kier alpha value is -3.92. The second kappa shape index (κ2) is 22.6. The molecule has 1 aliphatic rings. The highest BCUT2D eigenvalue weighted by Crippen LogP contribution is 2.19. The highest BCUT2D eigenvalue weighted by Gasteiger charge is 2.35. The first-order valence-corrected chi connectivity index (χ1v) is 15.9. The van der Waals surface area contributed by atoms with E-state index < -0.39 is 29.7 Å². The minimum Gasteiger partial charge on any atom is -0.494 e. The summed E-state index contributed by atoms with van der Waals surface area (Å²) < 4.78 is 10.9. The third kappa shape index (κ3) is 17.2. The summed E-state index contributed by atoms with van der Waals surface area (Å²) in [7, 11) is 0. The molecule has 3 rings (SSSR count). The van der Waals surface area contributed by atoms with Gasteiger partial charge in [0.2, 0.25) is 17.7 Å². The van der Waals surface area contributed by atoms with Crippen molar-refractivity contribution in [3.05, 3.63) is 65.7 Å². The van der Waals surface area contributed by atoms with Crippen molar-refractivity contribution in [3.63, 3.8) is 0 Å². The molecule has 0 radical (unpaired) electrons. The second-order valence-corrected chi connectivity index (χ2v) is 11.8. The molecule has 0 bridgehead atoms. The Morgan fingerprint density at radius 2 is 1.62 bits per heavy atom. The van der Waals surface area contributed by atoms with Gasteiger partial charge in [0.25, 0.3) is 0 Å². The van der Waals surface area contributed by atoms with E-state index in [0.717, 1.165) is 30.3 Å². The predicted molar refractivity (Wildman–Crippen MR) is 174 cm³/mol. The number of carbonyl (C=O) groups excluding carboxylic acids is 4. The molecule has 1 heterocycles. The summed E-state index contributed by atoms with van der Waals surface area (Å²) in [5, 5.41) is 11.0. The molecular formula is C35H53N3O7. The smallest absolute Gasteiger partial charge is 0.329 e. The first kappa shape index (κ1) is 39.1. The number of hydroxylamine groups is 1. The van der Waals surface area contributed by atoms with Gasteiger partial charge in [0.1, 0.15) is 18.4 Å². The molecule has 2 aromatic carbocycles. The average Bonchev–Trinajstić information content (AvgIpc) is 3.52. The number of amides is 3. The number of carbonyl (C=O) groups is 4. The van der Waals surface area contributed by atoms with Crippen LogP contribution < -0.4 is 15.5 Å². The Labute approximate surface area is 268 Å². The van der Waals surface area contributed by atoms with Gasteiger partial charge in [-0.05, 0) is 49.8 Å². The summed E-state index contributed by atoms with van der Waals surface area (Å²) >= 11 is 0. The molecule has 3 amide bonds. The number of ether oxygens (including phenoxy) is 2. The van der Waals surface area contributed by atoms with Gasteiger partial charge in [-0.15, -0.1) is 0 Å². The molecule has 10 heteroatoms. The fraction of sp³-hybridized carbons (Fsp3) is 0.543. The Balaban J connectivity index is 0.000000492. The second-order valence-electron chi connectivity index (χ2n) is 11.8. The minimum absolute atomic E-state index is 0.138. The molecule has 1 saturated heterocycles. The molecule has 2 atom stereocenters. The molecule has 2 unspecified atom stereocenters. The zero-order chi connectivity index (χ0) is 33.6.